The summed E-state index contributed by atoms with van der Waals surface area (Å²) in [5.41, 5.74) is -0.447. The molecule has 0 atom stereocenters. The van der Waals surface area contributed by atoms with Crippen molar-refractivity contribution in [3.63, 3.8) is 0 Å². The van der Waals surface area contributed by atoms with E-state index in [0.29, 0.717) is 5.02 Å². The lowest BCUT2D eigenvalue weighted by molar-refractivity contribution is 0.0680. The smallest absolute Gasteiger partial charge is 0.355 e. The molecule has 25 heavy (non-hydrogen) atoms. The van der Waals surface area contributed by atoms with Gasteiger partial charge in [0.05, 0.1) is 16.2 Å². The average Bonchev–Trinajstić information content (AvgIpc) is 2.88. The van der Waals surface area contributed by atoms with E-state index in [0.717, 1.165) is 10.9 Å². The maximum Gasteiger partial charge on any atom is 0.355 e. The summed E-state index contributed by atoms with van der Waals surface area (Å²) in [4.78, 5) is 10.7. The summed E-state index contributed by atoms with van der Waals surface area (Å²) in [7, 11) is -2.75. The molecule has 0 aliphatic carbocycles. The van der Waals surface area contributed by atoms with Gasteiger partial charge >= 0.3 is 5.97 Å². The van der Waals surface area contributed by atoms with Crippen LogP contribution in [0.5, 0.6) is 5.75 Å². The lowest BCUT2D eigenvalue weighted by Gasteiger charge is -2.11. The van der Waals surface area contributed by atoms with Gasteiger partial charge < -0.3 is 9.84 Å². The molecule has 1 aromatic carbocycles. The molecular weight excluding hydrogens is 417 g/mol. The number of hydrogen-bond acceptors (Lipinski definition) is 5. The normalized spacial score (nSPS) is 11.5. The van der Waals surface area contributed by atoms with E-state index in [1.54, 1.807) is 0 Å². The van der Waals surface area contributed by atoms with Crippen molar-refractivity contribution in [3.8, 4) is 5.75 Å². The minimum atomic E-state index is -4.08. The second-order valence-corrected chi connectivity index (χ2v) is 7.72. The van der Waals surface area contributed by atoms with Gasteiger partial charge in [0.15, 0.2) is 11.4 Å². The fraction of sp³-hybridized carbons (Fsp3) is 0.231. The molecule has 1 heterocycles. The number of carbonyl (C=O) groups is 1. The molecule has 1 aromatic heterocycles. The van der Waals surface area contributed by atoms with Gasteiger partial charge in [-0.2, -0.15) is 5.10 Å². The highest BCUT2D eigenvalue weighted by Crippen LogP contribution is 2.35. The monoisotopic (exact) mass is 427 g/mol. The van der Waals surface area contributed by atoms with Crippen molar-refractivity contribution in [2.75, 3.05) is 13.2 Å². The van der Waals surface area contributed by atoms with Gasteiger partial charge in [0.2, 0.25) is 10.0 Å². The number of carboxylic acid groups (broad SMARTS) is 1. The summed E-state index contributed by atoms with van der Waals surface area (Å²) in [6.45, 7) is -0.242. The average molecular weight is 429 g/mol. The number of carboxylic acids is 1. The predicted molar refractivity (Wildman–Crippen MR) is 92.3 cm³/mol. The van der Waals surface area contributed by atoms with Crippen molar-refractivity contribution in [2.24, 2.45) is 7.05 Å². The Bertz CT molecular complexity index is 891. The minimum Gasteiger partial charge on any atom is -0.489 e. The number of nitrogens with one attached hydrogen (secondary N) is 1. The number of aromatic nitrogens is 2. The van der Waals surface area contributed by atoms with Crippen LogP contribution in [-0.4, -0.2) is 42.4 Å². The number of ether oxygens (including phenoxy) is 1. The van der Waals surface area contributed by atoms with Gasteiger partial charge in [-0.3, -0.25) is 4.68 Å². The fourth-order valence-corrected chi connectivity index (χ4v) is 4.03. The van der Waals surface area contributed by atoms with Gasteiger partial charge in [-0.25, -0.2) is 17.9 Å². The van der Waals surface area contributed by atoms with Crippen molar-refractivity contribution in [1.29, 1.82) is 0 Å². The maximum atomic E-state index is 12.2. The van der Waals surface area contributed by atoms with Gasteiger partial charge in [0.1, 0.15) is 11.5 Å². The van der Waals surface area contributed by atoms with Crippen LogP contribution < -0.4 is 9.46 Å². The molecule has 12 heteroatoms. The molecule has 0 unspecified atom stereocenters. The Morgan fingerprint density at radius 2 is 1.92 bits per heavy atom. The highest BCUT2D eigenvalue weighted by atomic mass is 35.5. The number of aromatic carboxylic acids is 1. The third kappa shape index (κ3) is 4.56. The first-order chi connectivity index (χ1) is 11.6. The summed E-state index contributed by atoms with van der Waals surface area (Å²) in [6, 6.07) is 2.87. The topological polar surface area (TPSA) is 111 Å². The van der Waals surface area contributed by atoms with E-state index in [1.165, 1.54) is 19.2 Å². The molecular formula is C13H12Cl3N3O5S. The zero-order valence-electron chi connectivity index (χ0n) is 12.7. The van der Waals surface area contributed by atoms with E-state index in [9.17, 15) is 13.2 Å². The molecule has 8 nitrogen and oxygen atoms in total. The Balaban J connectivity index is 2.04. The number of hydrogen-bond donors (Lipinski definition) is 2. The first kappa shape index (κ1) is 19.8. The summed E-state index contributed by atoms with van der Waals surface area (Å²) >= 11 is 17.7. The van der Waals surface area contributed by atoms with Gasteiger partial charge in [-0.1, -0.05) is 34.8 Å². The molecule has 136 valence electrons. The Morgan fingerprint density at radius 3 is 2.48 bits per heavy atom. The van der Waals surface area contributed by atoms with Crippen LogP contribution in [0.4, 0.5) is 0 Å². The van der Waals surface area contributed by atoms with Crippen LogP contribution in [0.3, 0.4) is 0 Å². The molecule has 0 aliphatic heterocycles. The van der Waals surface area contributed by atoms with E-state index in [4.69, 9.17) is 44.6 Å². The summed E-state index contributed by atoms with van der Waals surface area (Å²) in [5, 5.41) is 13.4. The Labute approximate surface area is 158 Å². The first-order valence-corrected chi connectivity index (χ1v) is 9.27. The Morgan fingerprint density at radius 1 is 1.32 bits per heavy atom. The number of halogens is 3. The molecule has 0 saturated heterocycles. The standard InChI is InChI=1S/C13H12Cl3N3O5S/c1-19-11(13(20)21)10(6-17-19)25(22,23)18-2-3-24-12-8(15)4-7(14)5-9(12)16/h4-6,18H,2-3H2,1H3,(H,20,21). The molecule has 0 amide bonds. The maximum absolute atomic E-state index is 12.2. The molecule has 0 aliphatic rings. The summed E-state index contributed by atoms with van der Waals surface area (Å²) in [6.07, 6.45) is 0.958. The van der Waals surface area contributed by atoms with Crippen LogP contribution in [-0.2, 0) is 17.1 Å². The number of sulfonamides is 1. The Hall–Kier alpha value is -1.52. The van der Waals surface area contributed by atoms with Crippen LogP contribution in [0.1, 0.15) is 10.5 Å². The van der Waals surface area contributed by atoms with Crippen molar-refractivity contribution in [3.05, 3.63) is 39.1 Å². The molecule has 0 spiro atoms. The second-order valence-electron chi connectivity index (χ2n) is 4.73. The highest BCUT2D eigenvalue weighted by molar-refractivity contribution is 7.89. The SMILES string of the molecule is Cn1ncc(S(=O)(=O)NCCOc2c(Cl)cc(Cl)cc2Cl)c1C(=O)O. The zero-order chi connectivity index (χ0) is 18.8. The minimum absolute atomic E-state index is 0.0943. The van der Waals surface area contributed by atoms with Crippen molar-refractivity contribution in [2.45, 2.75) is 4.90 Å². The number of rotatable bonds is 7. The molecule has 2 aromatic rings. The van der Waals surface area contributed by atoms with Gasteiger partial charge in [-0.05, 0) is 12.1 Å². The van der Waals surface area contributed by atoms with Gasteiger partial charge in [0, 0.05) is 18.6 Å². The lowest BCUT2D eigenvalue weighted by atomic mass is 10.3. The van der Waals surface area contributed by atoms with Crippen LogP contribution in [0.2, 0.25) is 15.1 Å². The van der Waals surface area contributed by atoms with E-state index in [1.807, 2.05) is 0 Å². The lowest BCUT2D eigenvalue weighted by Crippen LogP contribution is -2.29. The third-order valence-electron chi connectivity index (χ3n) is 3.00. The quantitative estimate of drug-likeness (QED) is 0.655. The predicted octanol–water partition coefficient (Wildman–Crippen LogP) is 2.44. The van der Waals surface area contributed by atoms with E-state index >= 15 is 0 Å². The third-order valence-corrected chi connectivity index (χ3v) is 5.24. The summed E-state index contributed by atoms with van der Waals surface area (Å²) in [5.74, 6) is -1.24. The number of nitrogens with zero attached hydrogens (tertiary/aromatic N) is 2. The molecule has 0 saturated carbocycles. The largest absolute Gasteiger partial charge is 0.489 e. The Kier molecular flexibility index (Phi) is 6.17. The first-order valence-electron chi connectivity index (χ1n) is 6.66. The van der Waals surface area contributed by atoms with E-state index < -0.39 is 26.6 Å². The van der Waals surface area contributed by atoms with Crippen molar-refractivity contribution < 1.29 is 23.1 Å². The van der Waals surface area contributed by atoms with E-state index in [2.05, 4.69) is 9.82 Å². The van der Waals surface area contributed by atoms with Crippen LogP contribution in [0.25, 0.3) is 0 Å². The molecule has 0 bridgehead atoms. The van der Waals surface area contributed by atoms with E-state index in [-0.39, 0.29) is 28.9 Å². The fourth-order valence-electron chi connectivity index (χ4n) is 1.93. The number of aryl methyl sites for hydroxylation is 1. The molecule has 0 fully saturated rings. The van der Waals surface area contributed by atoms with Crippen molar-refractivity contribution >= 4 is 50.8 Å². The number of benzene rings is 1. The highest BCUT2D eigenvalue weighted by Gasteiger charge is 2.26. The van der Waals surface area contributed by atoms with Gasteiger partial charge in [-0.15, -0.1) is 0 Å². The van der Waals surface area contributed by atoms with Gasteiger partial charge in [0.25, 0.3) is 0 Å². The molecule has 2 N–H and O–H groups in total. The van der Waals surface area contributed by atoms with Crippen LogP contribution in [0.15, 0.2) is 23.2 Å². The van der Waals surface area contributed by atoms with Crippen LogP contribution >= 0.6 is 34.8 Å². The molecule has 0 radical (unpaired) electrons. The molecule has 2 rings (SSSR count). The summed E-state index contributed by atoms with van der Waals surface area (Å²) < 4.78 is 32.9. The second kappa shape index (κ2) is 7.79. The van der Waals surface area contributed by atoms with Crippen LogP contribution in [0, 0.1) is 0 Å². The van der Waals surface area contributed by atoms with Crippen molar-refractivity contribution in [1.82, 2.24) is 14.5 Å². The zero-order valence-corrected chi connectivity index (χ0v) is 15.7.